The molecule has 0 spiro atoms. The third-order valence-electron chi connectivity index (χ3n) is 6.62. The first-order chi connectivity index (χ1) is 17.6. The van der Waals surface area contributed by atoms with E-state index in [9.17, 15) is 19.5 Å². The van der Waals surface area contributed by atoms with E-state index in [1.807, 2.05) is 57.2 Å². The van der Waals surface area contributed by atoms with Gasteiger partial charge in [-0.15, -0.1) is 0 Å². The summed E-state index contributed by atoms with van der Waals surface area (Å²) in [6.45, 7) is 5.86. The highest BCUT2D eigenvalue weighted by atomic mass is 16.5. The molecule has 0 aromatic heterocycles. The number of carboxylic acid groups (broad SMARTS) is 1. The molecule has 0 bridgehead atoms. The van der Waals surface area contributed by atoms with Gasteiger partial charge in [-0.2, -0.15) is 0 Å². The highest BCUT2D eigenvalue weighted by Gasteiger charge is 2.40. The van der Waals surface area contributed by atoms with Gasteiger partial charge in [-0.05, 0) is 55.5 Å². The van der Waals surface area contributed by atoms with Crippen molar-refractivity contribution in [2.24, 2.45) is 5.73 Å². The average molecular weight is 507 g/mol. The molecule has 0 saturated heterocycles. The molecule has 0 radical (unpaired) electrons. The molecule has 1 aliphatic heterocycles. The minimum absolute atomic E-state index is 0.0414. The molecule has 3 rings (SSSR count). The number of carboxylic acids is 1. The zero-order chi connectivity index (χ0) is 27.3. The lowest BCUT2D eigenvalue weighted by Crippen LogP contribution is -2.47. The number of aliphatic carboxylic acids is 1. The molecular weight excluding hydrogens is 472 g/mol. The van der Waals surface area contributed by atoms with Crippen LogP contribution in [0.25, 0.3) is 0 Å². The molecule has 37 heavy (non-hydrogen) atoms. The molecule has 2 amide bonds. The Balaban J connectivity index is 2.11. The number of benzene rings is 2. The third-order valence-corrected chi connectivity index (χ3v) is 6.62. The lowest BCUT2D eigenvalue weighted by atomic mass is 9.89. The lowest BCUT2D eigenvalue weighted by molar-refractivity contribution is -0.146. The lowest BCUT2D eigenvalue weighted by Gasteiger charge is -2.43. The van der Waals surface area contributed by atoms with E-state index in [1.165, 1.54) is 4.90 Å². The number of nitrogens with two attached hydrogens (primary N) is 1. The Hall–Kier alpha value is -4.14. The van der Waals surface area contributed by atoms with Crippen LogP contribution in [0.1, 0.15) is 68.8 Å². The largest absolute Gasteiger partial charge is 0.497 e. The number of carbonyl (C=O) groups is 3. The monoisotopic (exact) mass is 506 g/mol. The van der Waals surface area contributed by atoms with Crippen LogP contribution in [0.4, 0.5) is 0 Å². The summed E-state index contributed by atoms with van der Waals surface area (Å²) >= 11 is 0. The molecule has 0 aliphatic carbocycles. The number of nitrogens with zero attached hydrogens (tertiary/aromatic N) is 2. The van der Waals surface area contributed by atoms with Gasteiger partial charge in [-0.1, -0.05) is 43.3 Å². The second-order valence-corrected chi connectivity index (χ2v) is 9.16. The maximum Gasteiger partial charge on any atom is 0.312 e. The minimum atomic E-state index is -1.24. The molecule has 9 heteroatoms. The van der Waals surface area contributed by atoms with Crippen molar-refractivity contribution in [1.29, 1.82) is 5.41 Å². The van der Waals surface area contributed by atoms with Gasteiger partial charge < -0.3 is 25.4 Å². The molecule has 1 heterocycles. The summed E-state index contributed by atoms with van der Waals surface area (Å²) in [6.07, 6.45) is 0.342. The zero-order valence-corrected chi connectivity index (χ0v) is 21.7. The molecule has 2 aromatic rings. The van der Waals surface area contributed by atoms with Crippen LogP contribution in [0.5, 0.6) is 5.75 Å². The predicted octanol–water partition coefficient (Wildman–Crippen LogP) is 4.00. The van der Waals surface area contributed by atoms with E-state index in [2.05, 4.69) is 0 Å². The first kappa shape index (κ1) is 27.4. The van der Waals surface area contributed by atoms with E-state index in [4.69, 9.17) is 15.9 Å². The molecule has 9 nitrogen and oxygen atoms in total. The van der Waals surface area contributed by atoms with Gasteiger partial charge in [0.05, 0.1) is 19.2 Å². The first-order valence-electron chi connectivity index (χ1n) is 12.2. The molecule has 0 fully saturated rings. The van der Waals surface area contributed by atoms with Gasteiger partial charge in [0.2, 0.25) is 5.91 Å². The number of nitrogens with one attached hydrogen (secondary N) is 1. The minimum Gasteiger partial charge on any atom is -0.497 e. The SMILES string of the molecule is CCCN(C(=O)CC(=O)O)C1=C(C)CC(c2ccc(C(=N)N)cc2)N([C@@H](C)c2ccc(OC)cc2)C1=O. The molecule has 4 N–H and O–H groups in total. The topological polar surface area (TPSA) is 137 Å². The maximum atomic E-state index is 14.2. The van der Waals surface area contributed by atoms with Crippen molar-refractivity contribution in [3.8, 4) is 5.75 Å². The molecular formula is C28H34N4O5. The van der Waals surface area contributed by atoms with Crippen molar-refractivity contribution >= 4 is 23.6 Å². The van der Waals surface area contributed by atoms with Crippen LogP contribution in [0.3, 0.4) is 0 Å². The summed E-state index contributed by atoms with van der Waals surface area (Å²) in [5.74, 6) is -1.53. The second kappa shape index (κ2) is 11.7. The average Bonchev–Trinajstić information content (AvgIpc) is 2.87. The van der Waals surface area contributed by atoms with Crippen molar-refractivity contribution in [3.63, 3.8) is 0 Å². The van der Waals surface area contributed by atoms with Crippen molar-refractivity contribution in [2.75, 3.05) is 13.7 Å². The number of methoxy groups -OCH3 is 1. The Morgan fingerprint density at radius 2 is 1.81 bits per heavy atom. The smallest absolute Gasteiger partial charge is 0.312 e. The van der Waals surface area contributed by atoms with E-state index in [0.717, 1.165) is 16.7 Å². The summed E-state index contributed by atoms with van der Waals surface area (Å²) in [7, 11) is 1.59. The zero-order valence-electron chi connectivity index (χ0n) is 21.7. The quantitative estimate of drug-likeness (QED) is 0.253. The van der Waals surface area contributed by atoms with Crippen LogP contribution in [0, 0.1) is 5.41 Å². The number of hydrogen-bond acceptors (Lipinski definition) is 5. The number of carbonyl (C=O) groups excluding carboxylic acids is 2. The Morgan fingerprint density at radius 1 is 1.19 bits per heavy atom. The molecule has 1 unspecified atom stereocenters. The van der Waals surface area contributed by atoms with Crippen molar-refractivity contribution in [1.82, 2.24) is 9.80 Å². The number of amides is 2. The Kier molecular flexibility index (Phi) is 8.70. The third kappa shape index (κ3) is 5.99. The van der Waals surface area contributed by atoms with Gasteiger partial charge in [0, 0.05) is 12.1 Å². The number of amidine groups is 1. The van der Waals surface area contributed by atoms with Crippen LogP contribution in [-0.2, 0) is 14.4 Å². The van der Waals surface area contributed by atoms with E-state index < -0.39 is 18.3 Å². The van der Waals surface area contributed by atoms with Crippen LogP contribution in [0.2, 0.25) is 0 Å². The van der Waals surface area contributed by atoms with E-state index >= 15 is 0 Å². The number of ether oxygens (including phenoxy) is 1. The van der Waals surface area contributed by atoms with Crippen molar-refractivity contribution in [3.05, 3.63) is 76.5 Å². The van der Waals surface area contributed by atoms with Gasteiger partial charge in [-0.25, -0.2) is 0 Å². The predicted molar refractivity (Wildman–Crippen MR) is 140 cm³/mol. The summed E-state index contributed by atoms with van der Waals surface area (Å²) in [5, 5.41) is 16.9. The Labute approximate surface area is 217 Å². The highest BCUT2D eigenvalue weighted by molar-refractivity contribution is 6.02. The van der Waals surface area contributed by atoms with E-state index in [-0.39, 0.29) is 36.1 Å². The highest BCUT2D eigenvalue weighted by Crippen LogP contribution is 2.41. The molecule has 0 saturated carbocycles. The van der Waals surface area contributed by atoms with E-state index in [1.54, 1.807) is 24.1 Å². The van der Waals surface area contributed by atoms with E-state index in [0.29, 0.717) is 24.2 Å². The Bertz CT molecular complexity index is 1200. The molecule has 2 aromatic carbocycles. The molecule has 196 valence electrons. The van der Waals surface area contributed by atoms with Gasteiger partial charge in [-0.3, -0.25) is 19.8 Å². The fourth-order valence-corrected chi connectivity index (χ4v) is 4.74. The van der Waals surface area contributed by atoms with Gasteiger partial charge >= 0.3 is 5.97 Å². The van der Waals surface area contributed by atoms with Gasteiger partial charge in [0.15, 0.2) is 0 Å². The fraction of sp³-hybridized carbons (Fsp3) is 0.357. The summed E-state index contributed by atoms with van der Waals surface area (Å²) in [5.41, 5.74) is 8.93. The number of hydrogen-bond donors (Lipinski definition) is 3. The second-order valence-electron chi connectivity index (χ2n) is 9.16. The normalized spacial score (nSPS) is 16.4. The number of rotatable bonds is 10. The van der Waals surface area contributed by atoms with Gasteiger partial charge in [0.1, 0.15) is 23.7 Å². The summed E-state index contributed by atoms with van der Waals surface area (Å²) < 4.78 is 5.28. The van der Waals surface area contributed by atoms with Crippen LogP contribution >= 0.6 is 0 Å². The van der Waals surface area contributed by atoms with Crippen molar-refractivity contribution < 1.29 is 24.2 Å². The van der Waals surface area contributed by atoms with Crippen LogP contribution in [0.15, 0.2) is 59.8 Å². The van der Waals surface area contributed by atoms with Crippen LogP contribution in [-0.4, -0.2) is 52.2 Å². The molecule has 1 aliphatic rings. The van der Waals surface area contributed by atoms with Crippen LogP contribution < -0.4 is 10.5 Å². The number of nitrogen functional groups attached to an aromatic ring is 1. The first-order valence-corrected chi connectivity index (χ1v) is 12.2. The molecule has 2 atom stereocenters. The maximum absolute atomic E-state index is 14.2. The summed E-state index contributed by atoms with van der Waals surface area (Å²) in [6, 6.07) is 14.0. The fourth-order valence-electron chi connectivity index (χ4n) is 4.74. The van der Waals surface area contributed by atoms with Gasteiger partial charge in [0.25, 0.3) is 5.91 Å². The Morgan fingerprint density at radius 3 is 2.32 bits per heavy atom. The summed E-state index contributed by atoms with van der Waals surface area (Å²) in [4.78, 5) is 41.5. The standard InChI is InChI=1S/C28H34N4O5/c1-5-14-31(24(33)16-25(34)35)26-17(2)15-23(20-6-8-21(9-7-20)27(29)30)32(28(26)36)18(3)19-10-12-22(37-4)13-11-19/h6-13,18,23H,5,14-16H2,1-4H3,(H3,29,30)(H,34,35)/t18-,23?/m0/s1. The van der Waals surface area contributed by atoms with Crippen molar-refractivity contribution in [2.45, 2.75) is 52.1 Å².